The van der Waals surface area contributed by atoms with Gasteiger partial charge in [0.2, 0.25) is 0 Å². The lowest BCUT2D eigenvalue weighted by Crippen LogP contribution is -2.05. The average Bonchev–Trinajstić information content (AvgIpc) is 2.96. The van der Waals surface area contributed by atoms with E-state index in [-0.39, 0.29) is 12.0 Å². The Morgan fingerprint density at radius 3 is 2.87 bits per heavy atom. The first-order chi connectivity index (χ1) is 7.20. The van der Waals surface area contributed by atoms with Gasteiger partial charge < -0.3 is 9.53 Å². The smallest absolute Gasteiger partial charge is 0.123 e. The molecule has 1 aliphatic rings. The summed E-state index contributed by atoms with van der Waals surface area (Å²) in [4.78, 5) is 10.6. The van der Waals surface area contributed by atoms with Crippen LogP contribution in [0.2, 0.25) is 0 Å². The van der Waals surface area contributed by atoms with E-state index in [2.05, 4.69) is 6.07 Å². The summed E-state index contributed by atoms with van der Waals surface area (Å²) in [6.45, 7) is 4.02. The van der Waals surface area contributed by atoms with Crippen LogP contribution >= 0.6 is 0 Å². The minimum Gasteiger partial charge on any atom is -0.491 e. The van der Waals surface area contributed by atoms with E-state index in [4.69, 9.17) is 4.74 Å². The highest BCUT2D eigenvalue weighted by atomic mass is 16.5. The Morgan fingerprint density at radius 2 is 2.27 bits per heavy atom. The predicted octanol–water partition coefficient (Wildman–Crippen LogP) is 2.78. The molecule has 0 spiro atoms. The number of carbonyl (C=O) groups is 1. The largest absolute Gasteiger partial charge is 0.491 e. The van der Waals surface area contributed by atoms with Crippen molar-refractivity contribution in [3.63, 3.8) is 0 Å². The van der Waals surface area contributed by atoms with Gasteiger partial charge in [0, 0.05) is 5.92 Å². The van der Waals surface area contributed by atoms with E-state index in [9.17, 15) is 4.79 Å². The fourth-order valence-corrected chi connectivity index (χ4v) is 1.84. The quantitative estimate of drug-likeness (QED) is 0.705. The zero-order valence-corrected chi connectivity index (χ0v) is 9.14. The zero-order chi connectivity index (χ0) is 10.8. The molecule has 2 heteroatoms. The molecule has 0 amide bonds. The number of carbonyl (C=O) groups excluding carboxylic acids is 1. The summed E-state index contributed by atoms with van der Waals surface area (Å²) in [6.07, 6.45) is 2.25. The molecule has 0 saturated heterocycles. The van der Waals surface area contributed by atoms with Crippen LogP contribution in [-0.4, -0.2) is 12.4 Å². The van der Waals surface area contributed by atoms with Crippen LogP contribution in [0.5, 0.6) is 5.75 Å². The molecule has 15 heavy (non-hydrogen) atoms. The molecule has 0 heterocycles. The van der Waals surface area contributed by atoms with E-state index in [0.29, 0.717) is 5.92 Å². The summed E-state index contributed by atoms with van der Waals surface area (Å²) in [7, 11) is 0. The average molecular weight is 204 g/mol. The fraction of sp³-hybridized carbons (Fsp3) is 0.462. The van der Waals surface area contributed by atoms with Crippen LogP contribution < -0.4 is 4.74 Å². The number of rotatable bonds is 4. The van der Waals surface area contributed by atoms with Crippen molar-refractivity contribution in [3.05, 3.63) is 29.8 Å². The summed E-state index contributed by atoms with van der Waals surface area (Å²) in [6, 6.07) is 8.07. The van der Waals surface area contributed by atoms with Crippen molar-refractivity contribution in [1.82, 2.24) is 0 Å². The van der Waals surface area contributed by atoms with Gasteiger partial charge in [0.15, 0.2) is 0 Å². The molecule has 2 nitrogen and oxygen atoms in total. The molecule has 1 fully saturated rings. The van der Waals surface area contributed by atoms with Crippen molar-refractivity contribution in [3.8, 4) is 5.75 Å². The number of hydrogen-bond acceptors (Lipinski definition) is 2. The molecule has 0 N–H and O–H groups in total. The normalized spacial score (nSPS) is 23.9. The summed E-state index contributed by atoms with van der Waals surface area (Å²) in [5.74, 6) is 1.57. The molecule has 1 aliphatic carbocycles. The highest BCUT2D eigenvalue weighted by Gasteiger charge is 2.37. The monoisotopic (exact) mass is 204 g/mol. The first-order valence-electron chi connectivity index (χ1n) is 5.42. The summed E-state index contributed by atoms with van der Waals surface area (Å²) >= 11 is 0. The Balaban J connectivity index is 2.09. The van der Waals surface area contributed by atoms with Crippen molar-refractivity contribution in [2.45, 2.75) is 32.3 Å². The van der Waals surface area contributed by atoms with Crippen LogP contribution in [0, 0.1) is 5.92 Å². The molecule has 0 aromatic heterocycles. The standard InChI is InChI=1S/C13H16O2/c1-9(2)15-12-5-3-4-10(6-12)13-7-11(13)8-14/h3-6,8-9,11,13H,7H2,1-2H3. The minimum atomic E-state index is 0.196. The van der Waals surface area contributed by atoms with E-state index in [0.717, 1.165) is 18.5 Å². The van der Waals surface area contributed by atoms with E-state index < -0.39 is 0 Å². The van der Waals surface area contributed by atoms with Crippen LogP contribution in [0.1, 0.15) is 31.7 Å². The van der Waals surface area contributed by atoms with E-state index in [1.54, 1.807) is 0 Å². The van der Waals surface area contributed by atoms with Crippen molar-refractivity contribution in [2.24, 2.45) is 5.92 Å². The summed E-state index contributed by atoms with van der Waals surface area (Å²) in [5, 5.41) is 0. The summed E-state index contributed by atoms with van der Waals surface area (Å²) in [5.41, 5.74) is 1.23. The van der Waals surface area contributed by atoms with E-state index >= 15 is 0 Å². The van der Waals surface area contributed by atoms with Gasteiger partial charge in [-0.2, -0.15) is 0 Å². The van der Waals surface area contributed by atoms with Gasteiger partial charge >= 0.3 is 0 Å². The Bertz CT molecular complexity index is 357. The molecule has 2 unspecified atom stereocenters. The lowest BCUT2D eigenvalue weighted by Gasteiger charge is -2.10. The second-order valence-electron chi connectivity index (χ2n) is 4.38. The van der Waals surface area contributed by atoms with Crippen molar-refractivity contribution >= 4 is 6.29 Å². The second kappa shape index (κ2) is 4.05. The molecule has 0 bridgehead atoms. The zero-order valence-electron chi connectivity index (χ0n) is 9.14. The fourth-order valence-electron chi connectivity index (χ4n) is 1.84. The van der Waals surface area contributed by atoms with Crippen LogP contribution in [0.3, 0.4) is 0 Å². The molecular formula is C13H16O2. The molecule has 1 aromatic rings. The van der Waals surface area contributed by atoms with E-state index in [1.807, 2.05) is 32.0 Å². The van der Waals surface area contributed by atoms with Crippen LogP contribution in [0.4, 0.5) is 0 Å². The van der Waals surface area contributed by atoms with Crippen molar-refractivity contribution < 1.29 is 9.53 Å². The third-order valence-electron chi connectivity index (χ3n) is 2.67. The Kier molecular flexibility index (Phi) is 2.76. The van der Waals surface area contributed by atoms with Gasteiger partial charge in [-0.05, 0) is 43.9 Å². The van der Waals surface area contributed by atoms with Gasteiger partial charge in [0.1, 0.15) is 12.0 Å². The third kappa shape index (κ3) is 2.38. The van der Waals surface area contributed by atoms with Crippen LogP contribution in [0.25, 0.3) is 0 Å². The molecule has 80 valence electrons. The van der Waals surface area contributed by atoms with Crippen molar-refractivity contribution in [1.29, 1.82) is 0 Å². The lowest BCUT2D eigenvalue weighted by molar-refractivity contribution is -0.108. The van der Waals surface area contributed by atoms with Gasteiger partial charge in [-0.25, -0.2) is 0 Å². The molecular weight excluding hydrogens is 188 g/mol. The molecule has 2 atom stereocenters. The Hall–Kier alpha value is -1.31. The highest BCUT2D eigenvalue weighted by Crippen LogP contribution is 2.46. The molecule has 0 radical (unpaired) electrons. The maximum Gasteiger partial charge on any atom is 0.123 e. The Labute approximate surface area is 90.3 Å². The topological polar surface area (TPSA) is 26.3 Å². The SMILES string of the molecule is CC(C)Oc1cccc(C2CC2C=O)c1. The highest BCUT2D eigenvalue weighted by molar-refractivity contribution is 5.61. The van der Waals surface area contributed by atoms with Gasteiger partial charge in [0.05, 0.1) is 6.10 Å². The minimum absolute atomic E-state index is 0.196. The number of hydrogen-bond donors (Lipinski definition) is 0. The third-order valence-corrected chi connectivity index (χ3v) is 2.67. The van der Waals surface area contributed by atoms with Crippen molar-refractivity contribution in [2.75, 3.05) is 0 Å². The number of benzene rings is 1. The first-order valence-corrected chi connectivity index (χ1v) is 5.42. The Morgan fingerprint density at radius 1 is 1.47 bits per heavy atom. The van der Waals surface area contributed by atoms with Gasteiger partial charge in [-0.3, -0.25) is 0 Å². The number of ether oxygens (including phenoxy) is 1. The summed E-state index contributed by atoms with van der Waals surface area (Å²) < 4.78 is 5.61. The molecule has 0 aliphatic heterocycles. The van der Waals surface area contributed by atoms with Crippen LogP contribution in [0.15, 0.2) is 24.3 Å². The molecule has 2 rings (SSSR count). The number of aldehydes is 1. The van der Waals surface area contributed by atoms with Gasteiger partial charge in [-0.15, -0.1) is 0 Å². The van der Waals surface area contributed by atoms with Gasteiger partial charge in [0.25, 0.3) is 0 Å². The maximum absolute atomic E-state index is 10.6. The van der Waals surface area contributed by atoms with Gasteiger partial charge in [-0.1, -0.05) is 12.1 Å². The second-order valence-corrected chi connectivity index (χ2v) is 4.38. The lowest BCUT2D eigenvalue weighted by atomic mass is 10.1. The molecule has 1 aromatic carbocycles. The first kappa shape index (κ1) is 10.2. The van der Waals surface area contributed by atoms with E-state index in [1.165, 1.54) is 5.56 Å². The molecule has 1 saturated carbocycles. The maximum atomic E-state index is 10.6. The predicted molar refractivity (Wildman–Crippen MR) is 59.1 cm³/mol. The van der Waals surface area contributed by atoms with Crippen LogP contribution in [-0.2, 0) is 4.79 Å².